The summed E-state index contributed by atoms with van der Waals surface area (Å²) in [5.41, 5.74) is 3.24. The molecule has 2 aromatic rings. The lowest BCUT2D eigenvalue weighted by atomic mass is 9.53. The van der Waals surface area contributed by atoms with Gasteiger partial charge in [-0.3, -0.25) is 4.98 Å². The fourth-order valence-electron chi connectivity index (χ4n) is 4.74. The van der Waals surface area contributed by atoms with Crippen LogP contribution in [0.2, 0.25) is 0 Å². The van der Waals surface area contributed by atoms with Gasteiger partial charge in [0.05, 0.1) is 28.7 Å². The van der Waals surface area contributed by atoms with Crippen molar-refractivity contribution in [3.8, 4) is 11.4 Å². The molecule has 0 fully saturated rings. The number of nitrogens with zero attached hydrogens (tertiary/aromatic N) is 3. The highest BCUT2D eigenvalue weighted by Crippen LogP contribution is 2.54. The Hall–Kier alpha value is -2.32. The second kappa shape index (κ2) is 5.59. The molecule has 5 heteroatoms. The Bertz CT molecular complexity index is 995. The Kier molecular flexibility index (Phi) is 3.68. The van der Waals surface area contributed by atoms with Crippen LogP contribution in [0, 0.1) is 24.8 Å². The topological polar surface area (TPSA) is 47.2 Å². The minimum atomic E-state index is -0.560. The van der Waals surface area contributed by atoms with Gasteiger partial charge in [-0.15, -0.1) is 11.3 Å². The van der Waals surface area contributed by atoms with E-state index in [1.165, 1.54) is 5.56 Å². The first-order valence-electron chi connectivity index (χ1n) is 8.85. The Labute approximate surface area is 157 Å². The Morgan fingerprint density at radius 3 is 2.65 bits per heavy atom. The van der Waals surface area contributed by atoms with Crippen LogP contribution in [0.15, 0.2) is 29.3 Å². The standard InChI is InChI=1S/C21H21N3OS/c1-12-23-16(11-26-12)14-8-6-13-7-9-17-20(2,3)19(25)15(22-5)10-21(17,4)18(13)24-14/h6,8,10-11,17H,7,9H2,1-4H3/t17-,21-/m0/s1. The number of aromatic nitrogens is 2. The molecule has 0 saturated heterocycles. The smallest absolute Gasteiger partial charge is 0.226 e. The molecule has 2 heterocycles. The van der Waals surface area contributed by atoms with E-state index in [9.17, 15) is 4.79 Å². The van der Waals surface area contributed by atoms with E-state index in [4.69, 9.17) is 11.6 Å². The zero-order valence-electron chi connectivity index (χ0n) is 15.5. The predicted molar refractivity (Wildman–Crippen MR) is 103 cm³/mol. The van der Waals surface area contributed by atoms with Crippen molar-refractivity contribution in [2.24, 2.45) is 11.3 Å². The van der Waals surface area contributed by atoms with Crippen molar-refractivity contribution in [3.05, 3.63) is 57.0 Å². The first-order chi connectivity index (χ1) is 12.3. The number of allylic oxidation sites excluding steroid dienone is 2. The third-order valence-corrected chi connectivity index (χ3v) is 6.82. The summed E-state index contributed by atoms with van der Waals surface area (Å²) in [6, 6.07) is 4.18. The summed E-state index contributed by atoms with van der Waals surface area (Å²) in [6.45, 7) is 15.6. The van der Waals surface area contributed by atoms with Gasteiger partial charge in [-0.25, -0.2) is 9.83 Å². The van der Waals surface area contributed by atoms with Crippen molar-refractivity contribution in [2.45, 2.75) is 46.0 Å². The van der Waals surface area contributed by atoms with Gasteiger partial charge in [0, 0.05) is 16.2 Å². The average Bonchev–Trinajstić information content (AvgIpc) is 3.04. The number of carbonyl (C=O) groups is 1. The molecule has 2 atom stereocenters. The van der Waals surface area contributed by atoms with E-state index in [2.05, 4.69) is 22.8 Å². The molecule has 2 aromatic heterocycles. The fraction of sp³-hybridized carbons (Fsp3) is 0.429. The molecule has 26 heavy (non-hydrogen) atoms. The SMILES string of the molecule is [C-]#[N+]C1=C[C@]2(C)c3nc(-c4csc(C)n4)ccc3CC[C@H]2C(C)(C)C1=O. The van der Waals surface area contributed by atoms with Gasteiger partial charge in [0.2, 0.25) is 5.70 Å². The molecule has 0 radical (unpaired) electrons. The van der Waals surface area contributed by atoms with Crippen LogP contribution in [0.5, 0.6) is 0 Å². The van der Waals surface area contributed by atoms with Gasteiger partial charge in [-0.05, 0) is 37.3 Å². The van der Waals surface area contributed by atoms with Crippen LogP contribution in [0.1, 0.15) is 43.5 Å². The Morgan fingerprint density at radius 1 is 1.23 bits per heavy atom. The highest BCUT2D eigenvalue weighted by molar-refractivity contribution is 7.09. The second-order valence-corrected chi connectivity index (χ2v) is 9.08. The van der Waals surface area contributed by atoms with E-state index in [0.717, 1.165) is 34.9 Å². The lowest BCUT2D eigenvalue weighted by Gasteiger charge is -2.50. The number of carbonyl (C=O) groups excluding carboxylic acids is 1. The van der Waals surface area contributed by atoms with Crippen molar-refractivity contribution in [2.75, 3.05) is 0 Å². The third kappa shape index (κ3) is 2.29. The van der Waals surface area contributed by atoms with Crippen LogP contribution in [0.25, 0.3) is 16.2 Å². The molecular weight excluding hydrogens is 342 g/mol. The minimum absolute atomic E-state index is 0.0373. The first-order valence-corrected chi connectivity index (χ1v) is 9.73. The van der Waals surface area contributed by atoms with E-state index in [1.807, 2.05) is 38.3 Å². The number of Topliss-reactive ketones (excluding diaryl/α,β-unsaturated/α-hetero) is 1. The molecule has 0 aliphatic heterocycles. The quantitative estimate of drug-likeness (QED) is 0.687. The van der Waals surface area contributed by atoms with Gasteiger partial charge >= 0.3 is 0 Å². The predicted octanol–water partition coefficient (Wildman–Crippen LogP) is 4.75. The summed E-state index contributed by atoms with van der Waals surface area (Å²) in [5, 5.41) is 3.05. The second-order valence-electron chi connectivity index (χ2n) is 8.02. The molecule has 0 aromatic carbocycles. The minimum Gasteiger partial charge on any atom is -0.307 e. The number of thiazole rings is 1. The van der Waals surface area contributed by atoms with Gasteiger partial charge in [-0.1, -0.05) is 32.9 Å². The number of hydrogen-bond acceptors (Lipinski definition) is 4. The number of fused-ring (bicyclic) bond motifs is 3. The van der Waals surface area contributed by atoms with Crippen LogP contribution in [-0.2, 0) is 16.6 Å². The lowest BCUT2D eigenvalue weighted by Crippen LogP contribution is -2.51. The first kappa shape index (κ1) is 17.1. The number of aryl methyl sites for hydroxylation is 2. The third-order valence-electron chi connectivity index (χ3n) is 6.04. The zero-order valence-corrected chi connectivity index (χ0v) is 16.3. The largest absolute Gasteiger partial charge is 0.307 e. The van der Waals surface area contributed by atoms with Crippen molar-refractivity contribution in [3.63, 3.8) is 0 Å². The molecule has 4 nitrogen and oxygen atoms in total. The normalized spacial score (nSPS) is 26.5. The zero-order chi connectivity index (χ0) is 18.7. The van der Waals surface area contributed by atoms with E-state index in [1.54, 1.807) is 11.3 Å². The van der Waals surface area contributed by atoms with Crippen molar-refractivity contribution in [1.29, 1.82) is 0 Å². The Balaban J connectivity index is 1.93. The van der Waals surface area contributed by atoms with Crippen LogP contribution in [0.4, 0.5) is 0 Å². The average molecular weight is 363 g/mol. The molecule has 0 saturated carbocycles. The lowest BCUT2D eigenvalue weighted by molar-refractivity contribution is -0.128. The highest BCUT2D eigenvalue weighted by atomic mass is 32.1. The molecular formula is C21H21N3OS. The van der Waals surface area contributed by atoms with Crippen LogP contribution in [0.3, 0.4) is 0 Å². The number of pyridine rings is 1. The monoisotopic (exact) mass is 363 g/mol. The molecule has 132 valence electrons. The molecule has 0 N–H and O–H groups in total. The maximum Gasteiger partial charge on any atom is 0.226 e. The van der Waals surface area contributed by atoms with E-state index >= 15 is 0 Å². The van der Waals surface area contributed by atoms with E-state index < -0.39 is 10.8 Å². The molecule has 0 bridgehead atoms. The maximum absolute atomic E-state index is 12.8. The summed E-state index contributed by atoms with van der Waals surface area (Å²) in [5.74, 6) is 0.102. The summed E-state index contributed by atoms with van der Waals surface area (Å²) < 4.78 is 0. The fourth-order valence-corrected chi connectivity index (χ4v) is 5.35. The van der Waals surface area contributed by atoms with Crippen molar-refractivity contribution < 1.29 is 4.79 Å². The highest BCUT2D eigenvalue weighted by Gasteiger charge is 2.54. The molecule has 2 aliphatic rings. The summed E-state index contributed by atoms with van der Waals surface area (Å²) in [7, 11) is 0. The molecule has 0 spiro atoms. The van der Waals surface area contributed by atoms with Crippen molar-refractivity contribution >= 4 is 17.1 Å². The maximum atomic E-state index is 12.8. The molecule has 4 rings (SSSR count). The van der Waals surface area contributed by atoms with E-state index in [0.29, 0.717) is 0 Å². The van der Waals surface area contributed by atoms with Gasteiger partial charge in [0.1, 0.15) is 0 Å². The summed E-state index contributed by atoms with van der Waals surface area (Å²) in [4.78, 5) is 25.9. The number of ketones is 1. The number of rotatable bonds is 1. The summed E-state index contributed by atoms with van der Waals surface area (Å²) in [6.07, 6.45) is 3.72. The van der Waals surface area contributed by atoms with Gasteiger partial charge in [-0.2, -0.15) is 0 Å². The van der Waals surface area contributed by atoms with Gasteiger partial charge in [0.25, 0.3) is 0 Å². The Morgan fingerprint density at radius 2 is 2.00 bits per heavy atom. The van der Waals surface area contributed by atoms with Gasteiger partial charge < -0.3 is 4.79 Å². The van der Waals surface area contributed by atoms with E-state index in [-0.39, 0.29) is 17.4 Å². The molecule has 2 aliphatic carbocycles. The van der Waals surface area contributed by atoms with Crippen LogP contribution < -0.4 is 0 Å². The van der Waals surface area contributed by atoms with Crippen LogP contribution >= 0.6 is 11.3 Å². The van der Waals surface area contributed by atoms with Crippen LogP contribution in [-0.4, -0.2) is 15.8 Å². The van der Waals surface area contributed by atoms with Crippen molar-refractivity contribution in [1.82, 2.24) is 9.97 Å². The van der Waals surface area contributed by atoms with Gasteiger partial charge in [0.15, 0.2) is 5.78 Å². The number of hydrogen-bond donors (Lipinski definition) is 0. The summed E-state index contributed by atoms with van der Waals surface area (Å²) >= 11 is 1.62. The molecule has 0 amide bonds. The molecule has 0 unspecified atom stereocenters.